The maximum Gasteiger partial charge on any atom is 0.403 e. The lowest BCUT2D eigenvalue weighted by molar-refractivity contribution is -0.106. The number of likely N-dealkylation sites (tertiary alicyclic amines) is 1. The van der Waals surface area contributed by atoms with Crippen LogP contribution in [-0.4, -0.2) is 164 Å². The van der Waals surface area contributed by atoms with Crippen molar-refractivity contribution in [3.05, 3.63) is 264 Å². The topological polar surface area (TPSA) is 368 Å². The number of nitrogens with zero attached hydrogens (tertiary/aromatic N) is 16. The highest BCUT2D eigenvalue weighted by atomic mass is 32.2. The number of aromatic nitrogens is 15. The molecule has 3 fully saturated rings. The fraction of sp³-hybridized carbons (Fsp3) is 0.304. The number of hydrogen-bond acceptors (Lipinski definition) is 29. The number of benzene rings is 4. The fourth-order valence-corrected chi connectivity index (χ4v) is 23.4. The summed E-state index contributed by atoms with van der Waals surface area (Å²) < 4.78 is 102. The van der Waals surface area contributed by atoms with E-state index in [9.17, 15) is 44.4 Å². The third-order valence-corrected chi connectivity index (χ3v) is 31.9. The molecule has 11 aromatic heterocycles. The molecule has 0 radical (unpaired) electrons. The van der Waals surface area contributed by atoms with E-state index in [-0.39, 0.29) is 52.2 Å². The number of piperidine rings is 1. The largest absolute Gasteiger partial charge is 0.403 e. The number of alkyl halides is 3. The molecule has 0 bridgehead atoms. The minimum atomic E-state index is -4.94. The number of aryl methyl sites for hydroxylation is 2. The molecule has 676 valence electrons. The van der Waals surface area contributed by atoms with Gasteiger partial charge in [-0.05, 0) is 222 Å². The number of allylic oxidation sites excluding steroid dienone is 2. The summed E-state index contributed by atoms with van der Waals surface area (Å²) in [6.07, 6.45) is 16.9. The van der Waals surface area contributed by atoms with Crippen molar-refractivity contribution in [3.63, 3.8) is 0 Å². The number of hydrogen-bond donors (Lipinski definition) is 7. The molecule has 1 aliphatic carbocycles. The van der Waals surface area contributed by atoms with Crippen LogP contribution >= 0.6 is 34.2 Å². The summed E-state index contributed by atoms with van der Waals surface area (Å²) in [4.78, 5) is 90.2. The van der Waals surface area contributed by atoms with E-state index in [2.05, 4.69) is 137 Å². The van der Waals surface area contributed by atoms with E-state index in [0.29, 0.717) is 100 Å². The number of fused-ring (bicyclic) bond motifs is 3. The second kappa shape index (κ2) is 39.8. The molecule has 19 rings (SSSR count). The number of imidazole rings is 1. The van der Waals surface area contributed by atoms with Gasteiger partial charge in [0.25, 0.3) is 16.7 Å². The van der Waals surface area contributed by atoms with Crippen molar-refractivity contribution in [1.29, 1.82) is 0 Å². The number of halogens is 3. The Hall–Kier alpha value is -12.3. The molecule has 5 atom stereocenters. The standard InChI is InChI=1S/C33H36N8O2S.C31H31N7O2S3.C28H27F3N8O3S2/c1-21(2)44(43)30-8-4-6-22(3)28(30)20-41-31-23(16-29(32(41)42)38-26-7-5-14-34-18-26)17-36-33(40-31)39-25-11-9-24(10-12-25)37-27-13-15-35-19-27;1-19-4-2-6-24(19)25-14-22-16-34-30(36-23-9-7-20(8-10-23)21-5-3-11-32-15-21)37-27(22)38(28(25)39)17-26-29(42-18-35-26)43(40)31-33-12-13-41-31;1-37-9-7-18(14-37)17-3-5-21(6-4-17)35-27-33-12-19-11-22(24-32-8-10-38(24)2)25(40)39(23(19)36-27)15-20-13-34-43-26(20)44(41,42)16-28(29,30)31/h4-12,14,16-18,21,27,35,37-38H,13,15,19-20H2,1-3H3,(H,36,39,40);7-10,12-14,16,18,21,32H,2-6,11,15,17H2,1H3,(H,34,36,37);3-6,8,10-13,18H,7,9,14-16H2,1-2H3,(H,33,35,36). The van der Waals surface area contributed by atoms with E-state index in [1.165, 1.54) is 69.2 Å². The van der Waals surface area contributed by atoms with Crippen LogP contribution in [0.1, 0.15) is 117 Å². The van der Waals surface area contributed by atoms with Crippen molar-refractivity contribution >= 4 is 156 Å². The molecule has 14 heterocycles. The van der Waals surface area contributed by atoms with E-state index >= 15 is 0 Å². The zero-order valence-electron chi connectivity index (χ0n) is 72.3. The number of pyridine rings is 4. The van der Waals surface area contributed by atoms with Crippen molar-refractivity contribution in [3.8, 4) is 11.4 Å². The van der Waals surface area contributed by atoms with Crippen LogP contribution in [-0.2, 0) is 58.1 Å². The van der Waals surface area contributed by atoms with Gasteiger partial charge in [-0.15, -0.1) is 22.7 Å². The van der Waals surface area contributed by atoms with Gasteiger partial charge in [-0.25, -0.2) is 42.5 Å². The summed E-state index contributed by atoms with van der Waals surface area (Å²) in [7, 11) is -3.66. The Balaban J connectivity index is 0.000000137. The molecule has 0 saturated carbocycles. The molecule has 15 aromatic rings. The summed E-state index contributed by atoms with van der Waals surface area (Å²) in [6, 6.07) is 39.5. The van der Waals surface area contributed by atoms with Crippen LogP contribution in [0.15, 0.2) is 226 Å². The molecule has 4 aromatic carbocycles. The second-order valence-corrected chi connectivity index (χ2v) is 41.6. The molecule has 0 spiro atoms. The average Bonchev–Trinajstić information content (AvgIpc) is 1.76. The van der Waals surface area contributed by atoms with Gasteiger partial charge >= 0.3 is 6.18 Å². The Morgan fingerprint density at radius 1 is 0.603 bits per heavy atom. The fourth-order valence-electron chi connectivity index (χ4n) is 16.7. The van der Waals surface area contributed by atoms with Gasteiger partial charge in [-0.2, -0.15) is 32.5 Å². The number of sulfone groups is 1. The Morgan fingerprint density at radius 3 is 1.82 bits per heavy atom. The van der Waals surface area contributed by atoms with E-state index in [4.69, 9.17) is 9.97 Å². The third-order valence-electron chi connectivity index (χ3n) is 23.4. The SMILES string of the molecule is CC1=C(c2cc3cnc(Nc4ccc(C5CCCNC5)cc4)nc3n(Cc3ncsc3S(=O)c3nccs3)c2=O)CCC1.CN1CCC(c2ccc(Nc3ncc4cc(-c5nccn5C)c(=O)n(Cc5cnsc5S(=O)(=O)CC(F)(F)F)c4n3)cc2)C1.Cc1cccc(S(=O)C(C)C)c1Cn1c(=O)c(Nc2cccnc2)cc2cnc(Nc3ccc(NC4CCNC4)cc3)nc21. The predicted molar refractivity (Wildman–Crippen MR) is 510 cm³/mol. The Labute approximate surface area is 769 Å². The van der Waals surface area contributed by atoms with Gasteiger partial charge in [0.15, 0.2) is 19.9 Å². The monoisotopic (exact) mass is 1880 g/mol. The highest BCUT2D eigenvalue weighted by Gasteiger charge is 2.39. The highest BCUT2D eigenvalue weighted by Crippen LogP contribution is 2.37. The van der Waals surface area contributed by atoms with Crippen molar-refractivity contribution in [2.75, 3.05) is 78.7 Å². The second-order valence-electron chi connectivity index (χ2n) is 33.0. The van der Waals surface area contributed by atoms with Crippen LogP contribution in [0.5, 0.6) is 0 Å². The lowest BCUT2D eigenvalue weighted by Gasteiger charge is -2.23. The summed E-state index contributed by atoms with van der Waals surface area (Å²) in [6.45, 7) is 14.0. The van der Waals surface area contributed by atoms with Gasteiger partial charge < -0.3 is 46.7 Å². The Kier molecular flexibility index (Phi) is 27.5. The molecule has 0 amide bonds. The first-order valence-electron chi connectivity index (χ1n) is 42.8. The van der Waals surface area contributed by atoms with Crippen LogP contribution in [0.3, 0.4) is 0 Å². The molecule has 39 heteroatoms. The average molecular weight is 1880 g/mol. The summed E-state index contributed by atoms with van der Waals surface area (Å²) in [5, 5.41) is 27.0. The molecule has 131 heavy (non-hydrogen) atoms. The van der Waals surface area contributed by atoms with Crippen LogP contribution in [0.25, 0.3) is 50.1 Å². The summed E-state index contributed by atoms with van der Waals surface area (Å²) >= 11 is 3.09. The molecule has 3 saturated heterocycles. The van der Waals surface area contributed by atoms with Gasteiger partial charge in [-0.3, -0.25) is 37.3 Å². The molecular weight excluding hydrogens is 1790 g/mol. The van der Waals surface area contributed by atoms with Crippen LogP contribution in [0, 0.1) is 6.92 Å². The molecular formula is C92H94F3N23O7S6. The van der Waals surface area contributed by atoms with E-state index in [1.807, 2.05) is 87.5 Å². The smallest absolute Gasteiger partial charge is 0.381 e. The maximum atomic E-state index is 14.1. The van der Waals surface area contributed by atoms with Crippen LogP contribution < -0.4 is 53.9 Å². The van der Waals surface area contributed by atoms with Crippen LogP contribution in [0.4, 0.5) is 65.1 Å². The first-order chi connectivity index (χ1) is 63.3. The van der Waals surface area contributed by atoms with Gasteiger partial charge in [-0.1, -0.05) is 55.8 Å². The van der Waals surface area contributed by atoms with Gasteiger partial charge in [0.05, 0.1) is 59.1 Å². The number of rotatable bonds is 26. The lowest BCUT2D eigenvalue weighted by atomic mass is 9.92. The maximum absolute atomic E-state index is 14.1. The molecule has 5 unspecified atom stereocenters. The van der Waals surface area contributed by atoms with Crippen molar-refractivity contribution in [1.82, 2.24) is 88.0 Å². The summed E-state index contributed by atoms with van der Waals surface area (Å²) in [5.74, 6) is 0.251. The quantitative estimate of drug-likeness (QED) is 0.0265. The first-order valence-corrected chi connectivity index (χ1v) is 49.3. The predicted octanol–water partition coefficient (Wildman–Crippen LogP) is 15.6. The van der Waals surface area contributed by atoms with Crippen molar-refractivity contribution in [2.45, 2.75) is 139 Å². The summed E-state index contributed by atoms with van der Waals surface area (Å²) in [5.41, 5.74) is 14.5. The van der Waals surface area contributed by atoms with E-state index < -0.39 is 59.7 Å². The number of likely N-dealkylation sites (N-methyl/N-ethyl adjacent to an activating group) is 1. The Morgan fingerprint density at radius 2 is 1.24 bits per heavy atom. The lowest BCUT2D eigenvalue weighted by Crippen LogP contribution is -2.28. The minimum Gasteiger partial charge on any atom is -0.381 e. The zero-order chi connectivity index (χ0) is 91.2. The van der Waals surface area contributed by atoms with Gasteiger partial charge in [0.2, 0.25) is 17.8 Å². The van der Waals surface area contributed by atoms with Crippen molar-refractivity contribution in [2.24, 2.45) is 7.05 Å². The highest BCUT2D eigenvalue weighted by molar-refractivity contribution is 7.93. The first kappa shape index (κ1) is 90.6. The minimum absolute atomic E-state index is 0.0547. The van der Waals surface area contributed by atoms with Crippen molar-refractivity contribution < 1.29 is 30.0 Å². The molecule has 4 aliphatic rings. The van der Waals surface area contributed by atoms with E-state index in [0.717, 1.165) is 127 Å². The molecule has 7 N–H and O–H groups in total. The third kappa shape index (κ3) is 21.0. The zero-order valence-corrected chi connectivity index (χ0v) is 77.2. The Bertz CT molecular complexity index is 7080. The van der Waals surface area contributed by atoms with E-state index in [1.54, 1.807) is 87.0 Å². The molecule has 3 aliphatic heterocycles. The number of thiazole rings is 2. The molecule has 30 nitrogen and oxygen atoms in total. The number of nitrogens with one attached hydrogen (secondary N) is 7. The number of anilines is 9. The van der Waals surface area contributed by atoms with Gasteiger partial charge in [0.1, 0.15) is 47.7 Å². The van der Waals surface area contributed by atoms with Crippen LogP contribution in [0.2, 0.25) is 0 Å². The van der Waals surface area contributed by atoms with Gasteiger partial charge in [0, 0.05) is 148 Å². The normalized spacial score (nSPS) is 16.5.